The molecule has 0 amide bonds. The van der Waals surface area contributed by atoms with Gasteiger partial charge in [-0.25, -0.2) is 22.0 Å². The predicted octanol–water partition coefficient (Wildman–Crippen LogP) is 4.23. The van der Waals surface area contributed by atoms with Gasteiger partial charge in [-0.05, 0) is 86.3 Å². The van der Waals surface area contributed by atoms with E-state index in [1.54, 1.807) is 6.07 Å². The Morgan fingerprint density at radius 2 is 1.63 bits per heavy atom. The number of benzene rings is 2. The molecule has 0 saturated carbocycles. The molecule has 0 fully saturated rings. The molecule has 0 unspecified atom stereocenters. The van der Waals surface area contributed by atoms with Gasteiger partial charge >= 0.3 is 11.9 Å². The number of hydrogen-bond acceptors (Lipinski definition) is 7. The Morgan fingerprint density at radius 3 is 2.20 bits per heavy atom. The molecule has 7 nitrogen and oxygen atoms in total. The van der Waals surface area contributed by atoms with Crippen molar-refractivity contribution in [2.75, 3.05) is 6.61 Å². The predicted molar refractivity (Wildman–Crippen MR) is 124 cm³/mol. The Balaban J connectivity index is 1.90. The van der Waals surface area contributed by atoms with Crippen molar-refractivity contribution in [2.45, 2.75) is 17.7 Å². The van der Waals surface area contributed by atoms with Crippen LogP contribution in [0.1, 0.15) is 23.2 Å². The summed E-state index contributed by atoms with van der Waals surface area (Å²) in [5, 5.41) is 0. The summed E-state index contributed by atoms with van der Waals surface area (Å²) >= 11 is 6.20. The molecule has 0 aliphatic carbocycles. The molecule has 0 atom stereocenters. The zero-order valence-electron chi connectivity index (χ0n) is 14.6. The molecular formula is C17H10F2I3O7S-. The monoisotopic (exact) mass is 777 g/mol. The van der Waals surface area contributed by atoms with Crippen molar-refractivity contribution in [3.8, 4) is 5.75 Å². The normalized spacial score (nSPS) is 11.3. The fourth-order valence-corrected chi connectivity index (χ4v) is 5.15. The fourth-order valence-electron chi connectivity index (χ4n) is 2.18. The van der Waals surface area contributed by atoms with Crippen molar-refractivity contribution in [3.63, 3.8) is 0 Å². The minimum atomic E-state index is -5.36. The van der Waals surface area contributed by atoms with Gasteiger partial charge in [-0.3, -0.25) is 4.79 Å². The molecule has 0 N–H and O–H groups in total. The molecule has 0 aromatic heterocycles. The van der Waals surface area contributed by atoms with Gasteiger partial charge in [-0.1, -0.05) is 0 Å². The average Bonchev–Trinajstić information content (AvgIpc) is 2.59. The highest BCUT2D eigenvalue weighted by atomic mass is 127. The van der Waals surface area contributed by atoms with Crippen LogP contribution in [0.5, 0.6) is 5.75 Å². The molecule has 13 heteroatoms. The van der Waals surface area contributed by atoms with Crippen molar-refractivity contribution in [1.29, 1.82) is 0 Å². The Labute approximate surface area is 211 Å². The van der Waals surface area contributed by atoms with Crippen LogP contribution in [0, 0.1) is 22.3 Å². The van der Waals surface area contributed by atoms with Gasteiger partial charge < -0.3 is 14.0 Å². The molecule has 0 bridgehead atoms. The first-order valence-corrected chi connectivity index (χ1v) is 12.5. The van der Waals surface area contributed by atoms with Gasteiger partial charge in [0.1, 0.15) is 32.4 Å². The number of rotatable bonds is 7. The number of halogens is 5. The second-order valence-corrected chi connectivity index (χ2v) is 10.4. The largest absolute Gasteiger partial charge is 0.744 e. The second kappa shape index (κ2) is 10.8. The van der Waals surface area contributed by atoms with E-state index in [9.17, 15) is 31.3 Å². The van der Waals surface area contributed by atoms with Crippen molar-refractivity contribution >= 4 is 89.8 Å². The number of hydrogen-bond donors (Lipinski definition) is 0. The molecule has 2 aromatic carbocycles. The molecule has 0 saturated heterocycles. The Kier molecular flexibility index (Phi) is 9.19. The topological polar surface area (TPSA) is 110 Å². The third-order valence-corrected chi connectivity index (χ3v) is 7.98. The van der Waals surface area contributed by atoms with E-state index in [4.69, 9.17) is 9.47 Å². The molecule has 0 radical (unpaired) electrons. The maximum atomic E-state index is 13.6. The van der Waals surface area contributed by atoms with Crippen LogP contribution in [-0.4, -0.2) is 31.5 Å². The smallest absolute Gasteiger partial charge is 0.339 e. The van der Waals surface area contributed by atoms with E-state index in [0.717, 1.165) is 10.7 Å². The highest BCUT2D eigenvalue weighted by Crippen LogP contribution is 2.25. The summed E-state index contributed by atoms with van der Waals surface area (Å²) in [4.78, 5) is 22.3. The number of esters is 2. The molecule has 0 aliphatic rings. The SMILES string of the molecule is O=C(CCCOC(=O)c1cc(I)cc(I)c1I)Oc1cc(F)c(S(=O)(=O)[O-])c(F)c1. The van der Waals surface area contributed by atoms with Crippen LogP contribution in [0.2, 0.25) is 0 Å². The molecule has 2 aromatic rings. The van der Waals surface area contributed by atoms with E-state index in [2.05, 4.69) is 45.2 Å². The van der Waals surface area contributed by atoms with E-state index in [1.807, 2.05) is 28.7 Å². The van der Waals surface area contributed by atoms with Crippen molar-refractivity contribution in [2.24, 2.45) is 0 Å². The van der Waals surface area contributed by atoms with E-state index < -0.39 is 44.3 Å². The standard InChI is InChI=1S/C17H11F2I3O7S/c18-11-6-9(7-12(19)16(11)30(25,26)27)29-14(23)2-1-3-28-17(24)10-4-8(20)5-13(21)15(10)22/h4-7H,1-3H2,(H,25,26,27)/p-1. The van der Waals surface area contributed by atoms with Gasteiger partial charge in [-0.15, -0.1) is 0 Å². The summed E-state index contributed by atoms with van der Waals surface area (Å²) in [6.07, 6.45) is -0.154. The van der Waals surface area contributed by atoms with Gasteiger partial charge in [0.05, 0.1) is 12.2 Å². The molecule has 2 rings (SSSR count). The average molecular weight is 777 g/mol. The first-order valence-electron chi connectivity index (χ1n) is 7.87. The van der Waals surface area contributed by atoms with Gasteiger partial charge in [0.25, 0.3) is 0 Å². The maximum Gasteiger partial charge on any atom is 0.339 e. The molecule has 0 aliphatic heterocycles. The Hall–Kier alpha value is -0.660. The van der Waals surface area contributed by atoms with Crippen LogP contribution >= 0.6 is 67.8 Å². The number of carbonyl (C=O) groups excluding carboxylic acids is 2. The number of carbonyl (C=O) groups is 2. The van der Waals surface area contributed by atoms with Crippen LogP contribution in [0.3, 0.4) is 0 Å². The molecular weight excluding hydrogens is 767 g/mol. The third-order valence-electron chi connectivity index (χ3n) is 3.42. The second-order valence-electron chi connectivity index (χ2n) is 5.63. The lowest BCUT2D eigenvalue weighted by Crippen LogP contribution is -2.13. The summed E-state index contributed by atoms with van der Waals surface area (Å²) in [5.41, 5.74) is 0.397. The van der Waals surface area contributed by atoms with Gasteiger partial charge in [0.2, 0.25) is 0 Å². The molecule has 0 heterocycles. The van der Waals surface area contributed by atoms with Crippen LogP contribution in [0.15, 0.2) is 29.2 Å². The maximum absolute atomic E-state index is 13.6. The summed E-state index contributed by atoms with van der Waals surface area (Å²) in [6.45, 7) is -0.0951. The first kappa shape index (κ1) is 25.6. The van der Waals surface area contributed by atoms with Crippen molar-refractivity contribution < 1.29 is 40.8 Å². The lowest BCUT2D eigenvalue weighted by molar-refractivity contribution is -0.134. The molecule has 162 valence electrons. The minimum absolute atomic E-state index is 0.0835. The van der Waals surface area contributed by atoms with Crippen molar-refractivity contribution in [1.82, 2.24) is 0 Å². The lowest BCUT2D eigenvalue weighted by atomic mass is 10.2. The van der Waals surface area contributed by atoms with Crippen LogP contribution in [0.25, 0.3) is 0 Å². The summed E-state index contributed by atoms with van der Waals surface area (Å²) < 4.78 is 72.1. The highest BCUT2D eigenvalue weighted by Gasteiger charge is 2.19. The zero-order valence-corrected chi connectivity index (χ0v) is 21.9. The Morgan fingerprint density at radius 1 is 1.03 bits per heavy atom. The van der Waals surface area contributed by atoms with Gasteiger partial charge in [0.15, 0.2) is 0 Å². The van der Waals surface area contributed by atoms with E-state index in [1.165, 1.54) is 0 Å². The summed E-state index contributed by atoms with van der Waals surface area (Å²) in [5.74, 6) is -5.36. The molecule has 30 heavy (non-hydrogen) atoms. The summed E-state index contributed by atoms with van der Waals surface area (Å²) in [6, 6.07) is 4.43. The van der Waals surface area contributed by atoms with Crippen LogP contribution in [-0.2, 0) is 19.6 Å². The van der Waals surface area contributed by atoms with Crippen LogP contribution in [0.4, 0.5) is 8.78 Å². The number of ether oxygens (including phenoxy) is 2. The van der Waals surface area contributed by atoms with Crippen molar-refractivity contribution in [3.05, 3.63) is 52.2 Å². The quantitative estimate of drug-likeness (QED) is 0.104. The minimum Gasteiger partial charge on any atom is -0.744 e. The van der Waals surface area contributed by atoms with Gasteiger partial charge in [0, 0.05) is 29.3 Å². The lowest BCUT2D eigenvalue weighted by Gasteiger charge is -2.11. The third kappa shape index (κ3) is 6.92. The summed E-state index contributed by atoms with van der Waals surface area (Å²) in [7, 11) is -5.36. The highest BCUT2D eigenvalue weighted by molar-refractivity contribution is 14.1. The van der Waals surface area contributed by atoms with E-state index >= 15 is 0 Å². The Bertz CT molecular complexity index is 1080. The molecule has 0 spiro atoms. The van der Waals surface area contributed by atoms with E-state index in [-0.39, 0.29) is 19.4 Å². The fraction of sp³-hybridized carbons (Fsp3) is 0.176. The van der Waals surface area contributed by atoms with E-state index in [0.29, 0.717) is 17.7 Å². The van der Waals surface area contributed by atoms with Gasteiger partial charge in [-0.2, -0.15) is 0 Å². The van der Waals surface area contributed by atoms with Crippen LogP contribution < -0.4 is 4.74 Å². The zero-order chi connectivity index (χ0) is 22.6. The first-order chi connectivity index (χ1) is 13.9.